The lowest BCUT2D eigenvalue weighted by atomic mass is 9.91. The van der Waals surface area contributed by atoms with Gasteiger partial charge in [-0.15, -0.1) is 0 Å². The molecule has 5 rings (SSSR count). The van der Waals surface area contributed by atoms with Crippen molar-refractivity contribution in [2.24, 2.45) is 0 Å². The summed E-state index contributed by atoms with van der Waals surface area (Å²) in [5.41, 5.74) is 4.49. The topological polar surface area (TPSA) is 93.9 Å². The number of carboxylic acid groups (broad SMARTS) is 1. The van der Waals surface area contributed by atoms with Gasteiger partial charge in [0, 0.05) is 31.2 Å². The van der Waals surface area contributed by atoms with E-state index in [-0.39, 0.29) is 24.3 Å². The molecular formula is C29H35N3O5. The number of methoxy groups -OCH3 is 2. The highest BCUT2D eigenvalue weighted by Crippen LogP contribution is 2.40. The first-order valence-electron chi connectivity index (χ1n) is 13.1. The normalized spacial score (nSPS) is 22.5. The third-order valence-electron chi connectivity index (χ3n) is 8.13. The molecule has 8 nitrogen and oxygen atoms in total. The second-order valence-corrected chi connectivity index (χ2v) is 10.2. The number of imidazole rings is 1. The molecular weight excluding hydrogens is 470 g/mol. The molecule has 37 heavy (non-hydrogen) atoms. The van der Waals surface area contributed by atoms with E-state index < -0.39 is 11.9 Å². The van der Waals surface area contributed by atoms with Crippen LogP contribution in [0.4, 0.5) is 10.5 Å². The van der Waals surface area contributed by atoms with Crippen LogP contribution in [-0.2, 0) is 27.1 Å². The second kappa shape index (κ2) is 10.5. The maximum absolute atomic E-state index is 12.6. The Bertz CT molecular complexity index is 1280. The quantitative estimate of drug-likeness (QED) is 0.476. The van der Waals surface area contributed by atoms with Gasteiger partial charge in [-0.1, -0.05) is 30.3 Å². The van der Waals surface area contributed by atoms with Crippen LogP contribution in [0, 0.1) is 0 Å². The van der Waals surface area contributed by atoms with Crippen molar-refractivity contribution in [2.75, 3.05) is 19.1 Å². The van der Waals surface area contributed by atoms with E-state index in [1.165, 1.54) is 7.11 Å². The molecule has 0 spiro atoms. The van der Waals surface area contributed by atoms with Crippen LogP contribution in [0.2, 0.25) is 0 Å². The average molecular weight is 506 g/mol. The molecule has 1 amide bonds. The van der Waals surface area contributed by atoms with Crippen LogP contribution in [-0.4, -0.2) is 53.1 Å². The molecule has 196 valence electrons. The fraction of sp³-hybridized carbons (Fsp3) is 0.483. The Morgan fingerprint density at radius 2 is 1.78 bits per heavy atom. The molecule has 2 heterocycles. The zero-order valence-corrected chi connectivity index (χ0v) is 21.7. The van der Waals surface area contributed by atoms with Gasteiger partial charge < -0.3 is 19.1 Å². The Morgan fingerprint density at radius 1 is 1.05 bits per heavy atom. The third-order valence-corrected chi connectivity index (χ3v) is 8.13. The van der Waals surface area contributed by atoms with E-state index in [4.69, 9.17) is 14.5 Å². The number of carboxylic acids is 1. The van der Waals surface area contributed by atoms with Gasteiger partial charge in [0.1, 0.15) is 5.82 Å². The number of hydrogen-bond donors (Lipinski definition) is 1. The fourth-order valence-corrected chi connectivity index (χ4v) is 6.13. The van der Waals surface area contributed by atoms with E-state index in [9.17, 15) is 14.7 Å². The zero-order chi connectivity index (χ0) is 26.1. The summed E-state index contributed by atoms with van der Waals surface area (Å²) in [6.07, 6.45) is 5.60. The summed E-state index contributed by atoms with van der Waals surface area (Å²) in [6, 6.07) is 13.7. The predicted octanol–water partition coefficient (Wildman–Crippen LogP) is 5.48. The third kappa shape index (κ3) is 4.70. The summed E-state index contributed by atoms with van der Waals surface area (Å²) in [4.78, 5) is 31.9. The largest absolute Gasteiger partial charge is 0.481 e. The van der Waals surface area contributed by atoms with Gasteiger partial charge in [0.25, 0.3) is 0 Å². The van der Waals surface area contributed by atoms with Crippen molar-refractivity contribution in [1.82, 2.24) is 9.55 Å². The molecule has 1 fully saturated rings. The minimum atomic E-state index is -0.861. The molecule has 0 radical (unpaired) electrons. The number of amides is 1. The van der Waals surface area contributed by atoms with Gasteiger partial charge in [0.05, 0.1) is 35.9 Å². The Morgan fingerprint density at radius 3 is 2.43 bits per heavy atom. The molecule has 1 aliphatic heterocycles. The van der Waals surface area contributed by atoms with E-state index in [2.05, 4.69) is 4.57 Å². The minimum Gasteiger partial charge on any atom is -0.481 e. The van der Waals surface area contributed by atoms with Crippen molar-refractivity contribution in [2.45, 2.75) is 76.0 Å². The SMILES string of the molecule is COC(=O)N1c2ccc3c(nc(C[C@H](C(=O)O)c4ccccc4)n3C3CCC(OC)CC3)c2CC[C@@H]1C. The first kappa shape index (κ1) is 25.3. The van der Waals surface area contributed by atoms with Gasteiger partial charge in [-0.25, -0.2) is 9.78 Å². The van der Waals surface area contributed by atoms with E-state index in [0.717, 1.165) is 72.2 Å². The second-order valence-electron chi connectivity index (χ2n) is 10.2. The standard InChI is InChI=1S/C29H35N3O5/c1-18-9-14-22-24(31(18)29(35)37-3)15-16-25-27(22)30-26(32(25)20-10-12-21(36-2)13-11-20)17-23(28(33)34)19-7-5-4-6-8-19/h4-8,15-16,18,20-21,23H,9-14,17H2,1-3H3,(H,33,34)/t18-,20?,21?,23-/m0/s1. The number of aromatic nitrogens is 2. The highest BCUT2D eigenvalue weighted by atomic mass is 16.5. The van der Waals surface area contributed by atoms with Crippen LogP contribution in [0.1, 0.15) is 67.9 Å². The number of rotatable bonds is 6. The van der Waals surface area contributed by atoms with Crippen molar-refractivity contribution < 1.29 is 24.2 Å². The summed E-state index contributed by atoms with van der Waals surface area (Å²) in [6.45, 7) is 2.03. The molecule has 0 unspecified atom stereocenters. The van der Waals surface area contributed by atoms with Gasteiger partial charge in [-0.3, -0.25) is 9.69 Å². The Kier molecular flexibility index (Phi) is 7.20. The molecule has 1 N–H and O–H groups in total. The maximum atomic E-state index is 12.6. The van der Waals surface area contributed by atoms with Crippen molar-refractivity contribution in [3.05, 3.63) is 59.4 Å². The average Bonchev–Trinajstić information content (AvgIpc) is 3.30. The molecule has 0 saturated heterocycles. The van der Waals surface area contributed by atoms with Crippen molar-refractivity contribution >= 4 is 28.8 Å². The van der Waals surface area contributed by atoms with Gasteiger partial charge in [0.2, 0.25) is 0 Å². The fourth-order valence-electron chi connectivity index (χ4n) is 6.13. The van der Waals surface area contributed by atoms with Gasteiger partial charge >= 0.3 is 12.1 Å². The number of fused-ring (bicyclic) bond motifs is 3. The lowest BCUT2D eigenvalue weighted by Gasteiger charge is -2.34. The molecule has 0 bridgehead atoms. The van der Waals surface area contributed by atoms with E-state index >= 15 is 0 Å². The molecule has 1 aromatic heterocycles. The molecule has 2 aromatic carbocycles. The number of anilines is 1. The maximum Gasteiger partial charge on any atom is 0.414 e. The number of benzene rings is 2. The summed E-state index contributed by atoms with van der Waals surface area (Å²) < 4.78 is 13.0. The van der Waals surface area contributed by atoms with Crippen molar-refractivity contribution in [1.29, 1.82) is 0 Å². The molecule has 8 heteroatoms. The smallest absolute Gasteiger partial charge is 0.414 e. The summed E-state index contributed by atoms with van der Waals surface area (Å²) in [5.74, 6) is -0.779. The lowest BCUT2D eigenvalue weighted by Crippen LogP contribution is -2.42. The van der Waals surface area contributed by atoms with Crippen LogP contribution in [0.25, 0.3) is 11.0 Å². The molecule has 1 saturated carbocycles. The first-order valence-corrected chi connectivity index (χ1v) is 13.1. The molecule has 2 aliphatic rings. The number of hydrogen-bond acceptors (Lipinski definition) is 5. The molecule has 1 aliphatic carbocycles. The van der Waals surface area contributed by atoms with Gasteiger partial charge in [-0.05, 0) is 63.1 Å². The number of aryl methyl sites for hydroxylation is 1. The number of carbonyl (C=O) groups excluding carboxylic acids is 1. The minimum absolute atomic E-state index is 0.0257. The van der Waals surface area contributed by atoms with Crippen LogP contribution < -0.4 is 4.90 Å². The Balaban J connectivity index is 1.63. The lowest BCUT2D eigenvalue weighted by molar-refractivity contribution is -0.138. The van der Waals surface area contributed by atoms with E-state index in [0.29, 0.717) is 6.42 Å². The highest BCUT2D eigenvalue weighted by molar-refractivity contribution is 5.95. The van der Waals surface area contributed by atoms with Crippen molar-refractivity contribution in [3.8, 4) is 0 Å². The van der Waals surface area contributed by atoms with Crippen LogP contribution in [0.3, 0.4) is 0 Å². The van der Waals surface area contributed by atoms with Gasteiger partial charge in [0.15, 0.2) is 0 Å². The summed E-state index contributed by atoms with van der Waals surface area (Å²) in [5, 5.41) is 10.2. The number of carbonyl (C=O) groups is 2. The van der Waals surface area contributed by atoms with Gasteiger partial charge in [-0.2, -0.15) is 0 Å². The summed E-state index contributed by atoms with van der Waals surface area (Å²) in [7, 11) is 3.17. The van der Waals surface area contributed by atoms with Crippen LogP contribution in [0.15, 0.2) is 42.5 Å². The predicted molar refractivity (Wildman–Crippen MR) is 141 cm³/mol. The highest BCUT2D eigenvalue weighted by Gasteiger charge is 2.34. The molecule has 2 atom stereocenters. The number of ether oxygens (including phenoxy) is 2. The van der Waals surface area contributed by atoms with E-state index in [1.807, 2.05) is 49.4 Å². The zero-order valence-electron chi connectivity index (χ0n) is 21.7. The summed E-state index contributed by atoms with van der Waals surface area (Å²) >= 11 is 0. The first-order chi connectivity index (χ1) is 17.9. The number of aliphatic carboxylic acids is 1. The van der Waals surface area contributed by atoms with Crippen LogP contribution >= 0.6 is 0 Å². The Hall–Kier alpha value is -3.39. The number of nitrogens with zero attached hydrogens (tertiary/aromatic N) is 3. The molecule has 3 aromatic rings. The van der Waals surface area contributed by atoms with Crippen LogP contribution in [0.5, 0.6) is 0 Å². The van der Waals surface area contributed by atoms with E-state index in [1.54, 1.807) is 12.0 Å². The monoisotopic (exact) mass is 505 g/mol. The Labute approximate surface area is 217 Å². The van der Waals surface area contributed by atoms with Crippen molar-refractivity contribution in [3.63, 3.8) is 0 Å².